The van der Waals surface area contributed by atoms with Gasteiger partial charge in [-0.25, -0.2) is 0 Å². The highest BCUT2D eigenvalue weighted by Gasteiger charge is 2.26. The fourth-order valence-electron chi connectivity index (χ4n) is 2.77. The zero-order valence-electron chi connectivity index (χ0n) is 11.0. The van der Waals surface area contributed by atoms with Gasteiger partial charge in [-0.15, -0.1) is 0 Å². The van der Waals surface area contributed by atoms with Gasteiger partial charge in [0, 0.05) is 24.6 Å². The van der Waals surface area contributed by atoms with E-state index in [0.717, 1.165) is 25.1 Å². The molecule has 3 rings (SSSR count). The standard InChI is InChI=1S/C16H14ClN3/c17-15-9-14(6-5-12(15)10-18)20-8-2-4-16(20)13-3-1-7-19-11-13/h1,3,5-7,9,11,16H,2,4,8H2. The van der Waals surface area contributed by atoms with Crippen molar-refractivity contribution >= 4 is 17.3 Å². The Kier molecular flexibility index (Phi) is 3.58. The maximum absolute atomic E-state index is 8.95. The summed E-state index contributed by atoms with van der Waals surface area (Å²) in [6, 6.07) is 12.2. The molecule has 20 heavy (non-hydrogen) atoms. The summed E-state index contributed by atoms with van der Waals surface area (Å²) in [5.41, 5.74) is 2.82. The van der Waals surface area contributed by atoms with E-state index in [1.54, 1.807) is 12.3 Å². The van der Waals surface area contributed by atoms with E-state index in [1.807, 2.05) is 24.4 Å². The average Bonchev–Trinajstić information content (AvgIpc) is 2.97. The number of halogens is 1. The molecule has 1 aliphatic rings. The monoisotopic (exact) mass is 283 g/mol. The molecule has 0 saturated carbocycles. The Morgan fingerprint density at radius 2 is 2.25 bits per heavy atom. The fourth-order valence-corrected chi connectivity index (χ4v) is 2.99. The highest BCUT2D eigenvalue weighted by molar-refractivity contribution is 6.32. The van der Waals surface area contributed by atoms with Crippen LogP contribution in [0.2, 0.25) is 5.02 Å². The largest absolute Gasteiger partial charge is 0.364 e. The second kappa shape index (κ2) is 5.52. The van der Waals surface area contributed by atoms with E-state index in [4.69, 9.17) is 16.9 Å². The van der Waals surface area contributed by atoms with E-state index in [-0.39, 0.29) is 0 Å². The molecule has 1 aromatic heterocycles. The van der Waals surface area contributed by atoms with E-state index in [1.165, 1.54) is 5.56 Å². The zero-order chi connectivity index (χ0) is 13.9. The number of benzene rings is 1. The Morgan fingerprint density at radius 3 is 2.95 bits per heavy atom. The molecule has 2 aromatic rings. The minimum Gasteiger partial charge on any atom is -0.364 e. The van der Waals surface area contributed by atoms with Crippen LogP contribution in [0.25, 0.3) is 0 Å². The van der Waals surface area contributed by atoms with Crippen LogP contribution < -0.4 is 4.90 Å². The lowest BCUT2D eigenvalue weighted by atomic mass is 10.1. The first-order chi connectivity index (χ1) is 9.79. The second-order valence-electron chi connectivity index (χ2n) is 4.91. The molecule has 1 aromatic carbocycles. The third-order valence-electron chi connectivity index (χ3n) is 3.73. The topological polar surface area (TPSA) is 39.9 Å². The Bertz CT molecular complexity index is 649. The van der Waals surface area contributed by atoms with Crippen LogP contribution in [0.1, 0.15) is 30.0 Å². The highest BCUT2D eigenvalue weighted by atomic mass is 35.5. The quantitative estimate of drug-likeness (QED) is 0.838. The summed E-state index contributed by atoms with van der Waals surface area (Å²) in [4.78, 5) is 6.54. The highest BCUT2D eigenvalue weighted by Crippen LogP contribution is 2.37. The van der Waals surface area contributed by atoms with Crippen LogP contribution in [0, 0.1) is 11.3 Å². The second-order valence-corrected chi connectivity index (χ2v) is 5.32. The fraction of sp³-hybridized carbons (Fsp3) is 0.250. The van der Waals surface area contributed by atoms with Gasteiger partial charge in [0.25, 0.3) is 0 Å². The number of aromatic nitrogens is 1. The Hall–Kier alpha value is -2.05. The normalized spacial score (nSPS) is 18.0. The Labute approximate surface area is 123 Å². The maximum Gasteiger partial charge on any atom is 0.101 e. The van der Waals surface area contributed by atoms with Crippen LogP contribution in [-0.4, -0.2) is 11.5 Å². The summed E-state index contributed by atoms with van der Waals surface area (Å²) >= 11 is 6.14. The van der Waals surface area contributed by atoms with Crippen LogP contribution >= 0.6 is 11.6 Å². The molecule has 0 N–H and O–H groups in total. The van der Waals surface area contributed by atoms with Crippen molar-refractivity contribution in [2.24, 2.45) is 0 Å². The molecule has 0 bridgehead atoms. The Morgan fingerprint density at radius 1 is 1.35 bits per heavy atom. The van der Waals surface area contributed by atoms with E-state index >= 15 is 0 Å². The molecule has 1 unspecified atom stereocenters. The van der Waals surface area contributed by atoms with Gasteiger partial charge >= 0.3 is 0 Å². The number of rotatable bonds is 2. The Balaban J connectivity index is 1.93. The molecule has 0 spiro atoms. The summed E-state index contributed by atoms with van der Waals surface area (Å²) in [5.74, 6) is 0. The van der Waals surface area contributed by atoms with Crippen molar-refractivity contribution in [1.29, 1.82) is 5.26 Å². The predicted molar refractivity (Wildman–Crippen MR) is 79.7 cm³/mol. The molecule has 1 saturated heterocycles. The van der Waals surface area contributed by atoms with Crippen molar-refractivity contribution < 1.29 is 0 Å². The molecule has 1 fully saturated rings. The first-order valence-corrected chi connectivity index (χ1v) is 7.03. The van der Waals surface area contributed by atoms with Gasteiger partial charge < -0.3 is 4.90 Å². The molecular formula is C16H14ClN3. The number of hydrogen-bond donors (Lipinski definition) is 0. The molecule has 0 amide bonds. The van der Waals surface area contributed by atoms with Crippen molar-refractivity contribution in [3.05, 3.63) is 58.9 Å². The number of anilines is 1. The van der Waals surface area contributed by atoms with Gasteiger partial charge in [0.1, 0.15) is 6.07 Å². The third kappa shape index (κ3) is 2.35. The van der Waals surface area contributed by atoms with Gasteiger partial charge in [-0.05, 0) is 42.7 Å². The van der Waals surface area contributed by atoms with E-state index < -0.39 is 0 Å². The summed E-state index contributed by atoms with van der Waals surface area (Å²) in [5, 5.41) is 9.46. The van der Waals surface area contributed by atoms with Gasteiger partial charge in [0.2, 0.25) is 0 Å². The van der Waals surface area contributed by atoms with Crippen LogP contribution in [0.3, 0.4) is 0 Å². The molecule has 4 heteroatoms. The zero-order valence-corrected chi connectivity index (χ0v) is 11.7. The molecule has 100 valence electrons. The lowest BCUT2D eigenvalue weighted by Gasteiger charge is -2.27. The molecule has 1 aliphatic heterocycles. The maximum atomic E-state index is 8.95. The van der Waals surface area contributed by atoms with Gasteiger partial charge in [-0.1, -0.05) is 17.7 Å². The summed E-state index contributed by atoms with van der Waals surface area (Å²) < 4.78 is 0. The van der Waals surface area contributed by atoms with Gasteiger partial charge in [-0.2, -0.15) is 5.26 Å². The molecule has 0 radical (unpaired) electrons. The first kappa shape index (κ1) is 13.0. The van der Waals surface area contributed by atoms with Crippen molar-refractivity contribution in [3.63, 3.8) is 0 Å². The van der Waals surface area contributed by atoms with Gasteiger partial charge in [0.05, 0.1) is 16.6 Å². The summed E-state index contributed by atoms with van der Waals surface area (Å²) in [6.45, 7) is 1.00. The predicted octanol–water partition coefficient (Wildman–Crippen LogP) is 3.95. The van der Waals surface area contributed by atoms with Crippen molar-refractivity contribution in [3.8, 4) is 6.07 Å². The van der Waals surface area contributed by atoms with E-state index in [2.05, 4.69) is 22.0 Å². The molecule has 1 atom stereocenters. The number of nitriles is 1. The lowest BCUT2D eigenvalue weighted by molar-refractivity contribution is 0.715. The van der Waals surface area contributed by atoms with E-state index in [0.29, 0.717) is 16.6 Å². The molecule has 3 nitrogen and oxygen atoms in total. The molecule has 2 heterocycles. The first-order valence-electron chi connectivity index (χ1n) is 6.66. The summed E-state index contributed by atoms with van der Waals surface area (Å²) in [6.07, 6.45) is 5.98. The van der Waals surface area contributed by atoms with E-state index in [9.17, 15) is 0 Å². The smallest absolute Gasteiger partial charge is 0.101 e. The van der Waals surface area contributed by atoms with Crippen LogP contribution in [-0.2, 0) is 0 Å². The molecular weight excluding hydrogens is 270 g/mol. The lowest BCUT2D eigenvalue weighted by Crippen LogP contribution is -2.22. The van der Waals surface area contributed by atoms with Crippen molar-refractivity contribution in [2.75, 3.05) is 11.4 Å². The third-order valence-corrected chi connectivity index (χ3v) is 4.04. The van der Waals surface area contributed by atoms with Crippen LogP contribution in [0.4, 0.5) is 5.69 Å². The van der Waals surface area contributed by atoms with Gasteiger partial charge in [-0.3, -0.25) is 4.98 Å². The number of pyridine rings is 1. The van der Waals surface area contributed by atoms with Crippen LogP contribution in [0.5, 0.6) is 0 Å². The van der Waals surface area contributed by atoms with Crippen LogP contribution in [0.15, 0.2) is 42.7 Å². The van der Waals surface area contributed by atoms with Gasteiger partial charge in [0.15, 0.2) is 0 Å². The SMILES string of the molecule is N#Cc1ccc(N2CCCC2c2cccnc2)cc1Cl. The van der Waals surface area contributed by atoms with Crippen molar-refractivity contribution in [1.82, 2.24) is 4.98 Å². The molecule has 0 aliphatic carbocycles. The summed E-state index contributed by atoms with van der Waals surface area (Å²) in [7, 11) is 0. The number of hydrogen-bond acceptors (Lipinski definition) is 3. The minimum atomic E-state index is 0.340. The van der Waals surface area contributed by atoms with Crippen molar-refractivity contribution in [2.45, 2.75) is 18.9 Å². The minimum absolute atomic E-state index is 0.340. The number of nitrogens with zero attached hydrogens (tertiary/aromatic N) is 3. The average molecular weight is 284 g/mol.